The summed E-state index contributed by atoms with van der Waals surface area (Å²) in [6.45, 7) is 3.64. The smallest absolute Gasteiger partial charge is 0.334 e. The van der Waals surface area contributed by atoms with Crippen LogP contribution in [0.15, 0.2) is 53.7 Å². The summed E-state index contributed by atoms with van der Waals surface area (Å²) >= 11 is 6.09. The number of sulfonamides is 1. The number of aryl methyl sites for hydroxylation is 2. The van der Waals surface area contributed by atoms with Gasteiger partial charge < -0.3 is 5.32 Å². The van der Waals surface area contributed by atoms with Crippen molar-refractivity contribution in [2.45, 2.75) is 18.7 Å². The molecule has 2 aromatic carbocycles. The van der Waals surface area contributed by atoms with Crippen LogP contribution in [0.2, 0.25) is 5.02 Å². The lowest BCUT2D eigenvalue weighted by molar-refractivity contribution is -0.383. The molecule has 1 heterocycles. The largest absolute Gasteiger partial charge is 0.354 e. The van der Waals surface area contributed by atoms with E-state index in [1.54, 1.807) is 30.3 Å². The fourth-order valence-corrected chi connectivity index (χ4v) is 3.46. The molecule has 0 atom stereocenters. The maximum absolute atomic E-state index is 12.4. The van der Waals surface area contributed by atoms with Gasteiger partial charge in [0, 0.05) is 10.7 Å². The minimum atomic E-state index is -3.98. The van der Waals surface area contributed by atoms with Crippen molar-refractivity contribution in [3.8, 4) is 0 Å². The number of rotatable bonds is 7. The third-order valence-electron chi connectivity index (χ3n) is 4.07. The molecular formula is C18H17ClN6O4S. The molecule has 0 amide bonds. The molecule has 0 aliphatic rings. The number of hydrogen-bond donors (Lipinski definition) is 3. The second-order valence-corrected chi connectivity index (χ2v) is 8.40. The Bertz CT molecular complexity index is 1200. The molecule has 0 saturated heterocycles. The summed E-state index contributed by atoms with van der Waals surface area (Å²) in [5.74, 6) is -0.460. The lowest BCUT2D eigenvalue weighted by atomic mass is 10.2. The molecule has 12 heteroatoms. The first kappa shape index (κ1) is 21.4. The van der Waals surface area contributed by atoms with Crippen LogP contribution >= 0.6 is 11.6 Å². The van der Waals surface area contributed by atoms with E-state index in [9.17, 15) is 18.5 Å². The minimum absolute atomic E-state index is 0.00930. The Labute approximate surface area is 177 Å². The predicted molar refractivity (Wildman–Crippen MR) is 113 cm³/mol. The van der Waals surface area contributed by atoms with Gasteiger partial charge >= 0.3 is 5.69 Å². The normalized spacial score (nSPS) is 11.2. The lowest BCUT2D eigenvalue weighted by Gasteiger charge is -2.12. The Morgan fingerprint density at radius 2 is 1.70 bits per heavy atom. The molecule has 30 heavy (non-hydrogen) atoms. The SMILES string of the molecule is Cc1ccc(S(=O)(=O)NNc2ncnc(Nc3ccc(C)c(Cl)c3)c2[N+](=O)[O-])cc1. The monoisotopic (exact) mass is 448 g/mol. The summed E-state index contributed by atoms with van der Waals surface area (Å²) in [4.78, 5) is 20.7. The van der Waals surface area contributed by atoms with Crippen LogP contribution in [0.3, 0.4) is 0 Å². The number of anilines is 3. The van der Waals surface area contributed by atoms with Crippen LogP contribution in [0, 0.1) is 24.0 Å². The molecule has 0 radical (unpaired) electrons. The van der Waals surface area contributed by atoms with Crippen LogP contribution in [-0.2, 0) is 10.0 Å². The molecule has 3 N–H and O–H groups in total. The van der Waals surface area contributed by atoms with E-state index < -0.39 is 20.6 Å². The first-order chi connectivity index (χ1) is 14.2. The molecule has 0 aliphatic heterocycles. The number of nitrogens with one attached hydrogen (secondary N) is 3. The highest BCUT2D eigenvalue weighted by atomic mass is 35.5. The molecule has 156 valence electrons. The van der Waals surface area contributed by atoms with Crippen LogP contribution < -0.4 is 15.6 Å². The van der Waals surface area contributed by atoms with Gasteiger partial charge in [0.25, 0.3) is 10.0 Å². The van der Waals surface area contributed by atoms with Crippen molar-refractivity contribution in [2.75, 3.05) is 10.7 Å². The van der Waals surface area contributed by atoms with Crippen molar-refractivity contribution in [1.29, 1.82) is 0 Å². The molecule has 0 unspecified atom stereocenters. The molecule has 3 rings (SSSR count). The summed E-state index contributed by atoms with van der Waals surface area (Å²) in [6, 6.07) is 11.1. The van der Waals surface area contributed by atoms with Crippen molar-refractivity contribution in [2.24, 2.45) is 0 Å². The van der Waals surface area contributed by atoms with Gasteiger partial charge in [0.05, 0.1) is 9.82 Å². The zero-order chi connectivity index (χ0) is 21.9. The number of aromatic nitrogens is 2. The van der Waals surface area contributed by atoms with Crippen molar-refractivity contribution >= 4 is 44.6 Å². The van der Waals surface area contributed by atoms with Crippen LogP contribution in [0.4, 0.5) is 23.0 Å². The number of hydrazine groups is 1. The van der Waals surface area contributed by atoms with E-state index in [0.717, 1.165) is 17.5 Å². The zero-order valence-electron chi connectivity index (χ0n) is 15.9. The third kappa shape index (κ3) is 4.82. The molecule has 3 aromatic rings. The van der Waals surface area contributed by atoms with Gasteiger partial charge in [-0.3, -0.25) is 15.5 Å². The Hall–Kier alpha value is -3.28. The third-order valence-corrected chi connectivity index (χ3v) is 5.75. The molecule has 0 saturated carbocycles. The molecule has 1 aromatic heterocycles. The number of nitrogens with zero attached hydrogens (tertiary/aromatic N) is 3. The van der Waals surface area contributed by atoms with Crippen molar-refractivity contribution in [3.63, 3.8) is 0 Å². The van der Waals surface area contributed by atoms with Gasteiger partial charge in [-0.05, 0) is 43.7 Å². The fraction of sp³-hybridized carbons (Fsp3) is 0.111. The van der Waals surface area contributed by atoms with E-state index in [4.69, 9.17) is 11.6 Å². The van der Waals surface area contributed by atoms with E-state index >= 15 is 0 Å². The molecule has 0 bridgehead atoms. The maximum Gasteiger partial charge on any atom is 0.354 e. The highest BCUT2D eigenvalue weighted by molar-refractivity contribution is 7.89. The average molecular weight is 449 g/mol. The number of nitro groups is 1. The molecule has 0 aliphatic carbocycles. The van der Waals surface area contributed by atoms with Gasteiger partial charge in [-0.25, -0.2) is 18.4 Å². The Balaban J connectivity index is 1.88. The molecular weight excluding hydrogens is 432 g/mol. The number of halogens is 1. The Morgan fingerprint density at radius 3 is 2.33 bits per heavy atom. The van der Waals surface area contributed by atoms with E-state index in [2.05, 4.69) is 25.5 Å². The van der Waals surface area contributed by atoms with E-state index in [-0.39, 0.29) is 16.5 Å². The van der Waals surface area contributed by atoms with Gasteiger partial charge in [-0.2, -0.15) is 0 Å². The average Bonchev–Trinajstić information content (AvgIpc) is 2.69. The first-order valence-electron chi connectivity index (χ1n) is 8.54. The van der Waals surface area contributed by atoms with Crippen molar-refractivity contribution < 1.29 is 13.3 Å². The summed E-state index contributed by atoms with van der Waals surface area (Å²) in [7, 11) is -3.98. The van der Waals surface area contributed by atoms with Crippen molar-refractivity contribution in [3.05, 3.63) is 75.1 Å². The van der Waals surface area contributed by atoms with Crippen LogP contribution in [0.1, 0.15) is 11.1 Å². The van der Waals surface area contributed by atoms with Gasteiger partial charge in [-0.1, -0.05) is 35.4 Å². The van der Waals surface area contributed by atoms with E-state index in [1.807, 2.05) is 13.8 Å². The second kappa shape index (κ2) is 8.61. The van der Waals surface area contributed by atoms with E-state index in [0.29, 0.717) is 10.7 Å². The fourth-order valence-electron chi connectivity index (χ4n) is 2.43. The number of hydrogen-bond acceptors (Lipinski definition) is 8. The Morgan fingerprint density at radius 1 is 1.03 bits per heavy atom. The summed E-state index contributed by atoms with van der Waals surface area (Å²) in [5, 5.41) is 14.9. The van der Waals surface area contributed by atoms with Gasteiger partial charge in [-0.15, -0.1) is 4.83 Å². The lowest BCUT2D eigenvalue weighted by Crippen LogP contribution is -2.30. The second-order valence-electron chi connectivity index (χ2n) is 6.31. The predicted octanol–water partition coefficient (Wildman–Crippen LogP) is 3.70. The summed E-state index contributed by atoms with van der Waals surface area (Å²) < 4.78 is 24.9. The van der Waals surface area contributed by atoms with Gasteiger partial charge in [0.2, 0.25) is 11.6 Å². The molecule has 0 fully saturated rings. The van der Waals surface area contributed by atoms with Crippen LogP contribution in [0.25, 0.3) is 0 Å². The van der Waals surface area contributed by atoms with Crippen LogP contribution in [0.5, 0.6) is 0 Å². The van der Waals surface area contributed by atoms with Gasteiger partial charge in [0.1, 0.15) is 6.33 Å². The summed E-state index contributed by atoms with van der Waals surface area (Å²) in [6.07, 6.45) is 1.06. The van der Waals surface area contributed by atoms with Crippen molar-refractivity contribution in [1.82, 2.24) is 14.8 Å². The first-order valence-corrected chi connectivity index (χ1v) is 10.4. The Kier molecular flexibility index (Phi) is 6.15. The maximum atomic E-state index is 12.4. The van der Waals surface area contributed by atoms with E-state index in [1.165, 1.54) is 12.1 Å². The summed E-state index contributed by atoms with van der Waals surface area (Å²) in [5.41, 5.74) is 3.96. The highest BCUT2D eigenvalue weighted by Crippen LogP contribution is 2.32. The van der Waals surface area contributed by atoms with Gasteiger partial charge in [0.15, 0.2) is 0 Å². The minimum Gasteiger partial charge on any atom is -0.334 e. The topological polar surface area (TPSA) is 139 Å². The van der Waals surface area contributed by atoms with Crippen LogP contribution in [-0.4, -0.2) is 23.3 Å². The standard InChI is InChI=1S/C18H17ClN6O4S/c1-11-3-7-14(8-4-11)30(28,29)24-23-18-16(25(26)27)17(20-10-21-18)22-13-6-5-12(2)15(19)9-13/h3-10,24H,1-2H3,(H2,20,21,22,23). The zero-order valence-corrected chi connectivity index (χ0v) is 17.5. The number of benzene rings is 2. The quantitative estimate of drug-likeness (QED) is 0.367. The molecule has 0 spiro atoms. The molecule has 10 nitrogen and oxygen atoms in total. The highest BCUT2D eigenvalue weighted by Gasteiger charge is 2.25.